The van der Waals surface area contributed by atoms with E-state index in [2.05, 4.69) is 33.5 Å². The number of pyridine rings is 1. The first-order valence-corrected chi connectivity index (χ1v) is 13.7. The largest absolute Gasteiger partial charge is 0.481 e. The van der Waals surface area contributed by atoms with Crippen molar-refractivity contribution in [3.05, 3.63) is 89.9 Å². The van der Waals surface area contributed by atoms with Gasteiger partial charge in [-0.2, -0.15) is 5.10 Å². The Kier molecular flexibility index (Phi) is 7.55. The van der Waals surface area contributed by atoms with Crippen molar-refractivity contribution in [1.82, 2.24) is 24.9 Å². The standard InChI is InChI=1S/C31H30N6O4/c38-28(39)14-15-32-31(40)23-7-5-22(6-8-23)29-26(12-11-24-10-9-21-3-1-2-4-25(21)34-24)35-30-27(13-16-33-37(29)30)36-17-19-41-20-18-36/h1-10,13,16H,11-12,14-15,17-20H2,(H,32,40)(H,38,39). The molecule has 2 N–H and O–H groups in total. The smallest absolute Gasteiger partial charge is 0.305 e. The van der Waals surface area contributed by atoms with Crippen LogP contribution in [-0.2, 0) is 22.4 Å². The molecule has 0 atom stereocenters. The molecule has 1 fully saturated rings. The molecule has 208 valence electrons. The van der Waals surface area contributed by atoms with E-state index >= 15 is 0 Å². The third kappa shape index (κ3) is 5.73. The summed E-state index contributed by atoms with van der Waals surface area (Å²) in [5.41, 5.74) is 6.84. The Morgan fingerprint density at radius 3 is 2.54 bits per heavy atom. The number of benzene rings is 2. The number of para-hydroxylation sites is 1. The second-order valence-electron chi connectivity index (χ2n) is 9.93. The number of imidazole rings is 1. The highest BCUT2D eigenvalue weighted by atomic mass is 16.5. The number of nitrogens with zero attached hydrogens (tertiary/aromatic N) is 5. The van der Waals surface area contributed by atoms with E-state index in [9.17, 15) is 9.59 Å². The van der Waals surface area contributed by atoms with Gasteiger partial charge in [0.05, 0.1) is 48.4 Å². The first kappa shape index (κ1) is 26.4. The van der Waals surface area contributed by atoms with E-state index in [4.69, 9.17) is 19.8 Å². The summed E-state index contributed by atoms with van der Waals surface area (Å²) in [6.45, 7) is 2.97. The van der Waals surface area contributed by atoms with Crippen molar-refractivity contribution in [2.45, 2.75) is 19.3 Å². The lowest BCUT2D eigenvalue weighted by molar-refractivity contribution is -0.136. The minimum atomic E-state index is -0.955. The number of fused-ring (bicyclic) bond motifs is 2. The fraction of sp³-hybridized carbons (Fsp3) is 0.258. The summed E-state index contributed by atoms with van der Waals surface area (Å²) in [5.74, 6) is -1.27. The molecule has 1 amide bonds. The lowest BCUT2D eigenvalue weighted by atomic mass is 10.0. The van der Waals surface area contributed by atoms with Gasteiger partial charge in [-0.3, -0.25) is 14.6 Å². The van der Waals surface area contributed by atoms with Crippen LogP contribution in [-0.4, -0.2) is 69.4 Å². The van der Waals surface area contributed by atoms with Crippen molar-refractivity contribution in [3.8, 4) is 11.3 Å². The molecule has 1 saturated heterocycles. The second-order valence-corrected chi connectivity index (χ2v) is 9.93. The number of ether oxygens (including phenoxy) is 1. The number of nitrogens with one attached hydrogen (secondary N) is 1. The number of aliphatic carboxylic acids is 1. The van der Waals surface area contributed by atoms with Crippen molar-refractivity contribution in [3.63, 3.8) is 0 Å². The summed E-state index contributed by atoms with van der Waals surface area (Å²) in [7, 11) is 0. The van der Waals surface area contributed by atoms with Gasteiger partial charge in [0.1, 0.15) is 0 Å². The number of carbonyl (C=O) groups is 2. The number of aryl methyl sites for hydroxylation is 2. The minimum Gasteiger partial charge on any atom is -0.481 e. The first-order valence-electron chi connectivity index (χ1n) is 13.7. The van der Waals surface area contributed by atoms with Gasteiger partial charge >= 0.3 is 5.97 Å². The van der Waals surface area contributed by atoms with Gasteiger partial charge in [0.2, 0.25) is 0 Å². The highest BCUT2D eigenvalue weighted by Gasteiger charge is 2.22. The fourth-order valence-electron chi connectivity index (χ4n) is 5.15. The number of amides is 1. The molecule has 5 aromatic rings. The predicted molar refractivity (Wildman–Crippen MR) is 155 cm³/mol. The maximum Gasteiger partial charge on any atom is 0.305 e. The number of carbonyl (C=O) groups excluding carboxylic acids is 1. The van der Waals surface area contributed by atoms with Crippen LogP contribution in [0.25, 0.3) is 27.8 Å². The molecule has 10 nitrogen and oxygen atoms in total. The summed E-state index contributed by atoms with van der Waals surface area (Å²) >= 11 is 0. The van der Waals surface area contributed by atoms with Crippen LogP contribution in [0.15, 0.2) is 72.9 Å². The molecule has 0 radical (unpaired) electrons. The molecule has 0 spiro atoms. The third-order valence-electron chi connectivity index (χ3n) is 7.24. The SMILES string of the molecule is O=C(O)CCNC(=O)c1ccc(-c2c(CCc3ccc4ccccc4n3)nc3c(N4CCOCC4)ccnn23)cc1. The van der Waals surface area contributed by atoms with E-state index in [1.807, 2.05) is 40.9 Å². The molecule has 6 rings (SSSR count). The Hall–Kier alpha value is -4.83. The zero-order chi connectivity index (χ0) is 28.2. The third-order valence-corrected chi connectivity index (χ3v) is 7.24. The molecule has 0 bridgehead atoms. The number of carboxylic acids is 1. The Bertz CT molecular complexity index is 1710. The molecule has 10 heteroatoms. The van der Waals surface area contributed by atoms with Gasteiger partial charge < -0.3 is 20.1 Å². The van der Waals surface area contributed by atoms with Gasteiger partial charge in [-0.1, -0.05) is 36.4 Å². The Morgan fingerprint density at radius 1 is 0.927 bits per heavy atom. The minimum absolute atomic E-state index is 0.0738. The highest BCUT2D eigenvalue weighted by Crippen LogP contribution is 2.30. The average molecular weight is 551 g/mol. The normalized spacial score (nSPS) is 13.5. The van der Waals surface area contributed by atoms with Crippen molar-refractivity contribution in [1.29, 1.82) is 0 Å². The molecule has 0 aliphatic carbocycles. The first-order chi connectivity index (χ1) is 20.1. The summed E-state index contributed by atoms with van der Waals surface area (Å²) < 4.78 is 7.45. The molecule has 4 heterocycles. The van der Waals surface area contributed by atoms with Gasteiger partial charge in [-0.15, -0.1) is 0 Å². The number of carboxylic acid groups (broad SMARTS) is 1. The number of anilines is 1. The van der Waals surface area contributed by atoms with E-state index in [1.165, 1.54) is 0 Å². The van der Waals surface area contributed by atoms with Crippen LogP contribution >= 0.6 is 0 Å². The summed E-state index contributed by atoms with van der Waals surface area (Å²) in [5, 5.41) is 17.3. The molecule has 2 aromatic carbocycles. The summed E-state index contributed by atoms with van der Waals surface area (Å²) in [4.78, 5) is 35.5. The number of aromatic nitrogens is 4. The van der Waals surface area contributed by atoms with E-state index in [0.29, 0.717) is 31.6 Å². The van der Waals surface area contributed by atoms with Crippen LogP contribution in [0.5, 0.6) is 0 Å². The molecule has 0 saturated carbocycles. The van der Waals surface area contributed by atoms with Crippen molar-refractivity contribution in [2.24, 2.45) is 0 Å². The average Bonchev–Trinajstić information content (AvgIpc) is 3.39. The van der Waals surface area contributed by atoms with E-state index < -0.39 is 5.97 Å². The lowest BCUT2D eigenvalue weighted by Gasteiger charge is -2.28. The highest BCUT2D eigenvalue weighted by molar-refractivity contribution is 5.95. The van der Waals surface area contributed by atoms with Crippen molar-refractivity contribution < 1.29 is 19.4 Å². The molecule has 1 aliphatic rings. The maximum atomic E-state index is 12.5. The quantitative estimate of drug-likeness (QED) is 0.285. The molecular formula is C31H30N6O4. The zero-order valence-corrected chi connectivity index (χ0v) is 22.5. The molecular weight excluding hydrogens is 520 g/mol. The number of rotatable bonds is 9. The van der Waals surface area contributed by atoms with Crippen LogP contribution < -0.4 is 10.2 Å². The van der Waals surface area contributed by atoms with Gasteiger partial charge in [0.15, 0.2) is 5.65 Å². The summed E-state index contributed by atoms with van der Waals surface area (Å²) in [6, 6.07) is 21.5. The summed E-state index contributed by atoms with van der Waals surface area (Å²) in [6.07, 6.45) is 3.03. The second kappa shape index (κ2) is 11.7. The number of hydrogen-bond donors (Lipinski definition) is 2. The Balaban J connectivity index is 1.34. The van der Waals surface area contributed by atoms with Crippen LogP contribution in [0.4, 0.5) is 5.69 Å². The maximum absolute atomic E-state index is 12.5. The fourth-order valence-corrected chi connectivity index (χ4v) is 5.15. The van der Waals surface area contributed by atoms with Crippen LogP contribution in [0, 0.1) is 0 Å². The van der Waals surface area contributed by atoms with Gasteiger partial charge in [0.25, 0.3) is 5.91 Å². The van der Waals surface area contributed by atoms with E-state index in [-0.39, 0.29) is 18.9 Å². The lowest BCUT2D eigenvalue weighted by Crippen LogP contribution is -2.36. The van der Waals surface area contributed by atoms with Crippen molar-refractivity contribution in [2.75, 3.05) is 37.7 Å². The molecule has 0 unspecified atom stereocenters. The molecule has 41 heavy (non-hydrogen) atoms. The topological polar surface area (TPSA) is 122 Å². The molecule has 3 aromatic heterocycles. The zero-order valence-electron chi connectivity index (χ0n) is 22.5. The van der Waals surface area contributed by atoms with Crippen LogP contribution in [0.2, 0.25) is 0 Å². The van der Waals surface area contributed by atoms with E-state index in [0.717, 1.165) is 58.0 Å². The molecule has 1 aliphatic heterocycles. The van der Waals surface area contributed by atoms with Gasteiger partial charge in [-0.25, -0.2) is 9.50 Å². The number of hydrogen-bond acceptors (Lipinski definition) is 7. The van der Waals surface area contributed by atoms with Gasteiger partial charge in [-0.05, 0) is 43.2 Å². The number of morpholine rings is 1. The Labute approximate surface area is 236 Å². The Morgan fingerprint density at radius 2 is 1.73 bits per heavy atom. The monoisotopic (exact) mass is 550 g/mol. The van der Waals surface area contributed by atoms with E-state index in [1.54, 1.807) is 18.3 Å². The van der Waals surface area contributed by atoms with Crippen LogP contribution in [0.3, 0.4) is 0 Å². The van der Waals surface area contributed by atoms with Crippen LogP contribution in [0.1, 0.15) is 28.2 Å². The van der Waals surface area contributed by atoms with Gasteiger partial charge in [0, 0.05) is 41.8 Å². The van der Waals surface area contributed by atoms with Crippen molar-refractivity contribution >= 4 is 34.1 Å². The predicted octanol–water partition coefficient (Wildman–Crippen LogP) is 3.77.